The Morgan fingerprint density at radius 2 is 1.84 bits per heavy atom. The number of hydrogen-bond donors (Lipinski definition) is 3. The van der Waals surface area contributed by atoms with Gasteiger partial charge in [-0.15, -0.1) is 11.3 Å². The van der Waals surface area contributed by atoms with E-state index in [1.807, 2.05) is 26.0 Å². The fourth-order valence-electron chi connectivity index (χ4n) is 1.65. The van der Waals surface area contributed by atoms with E-state index >= 15 is 0 Å². The van der Waals surface area contributed by atoms with Crippen molar-refractivity contribution in [1.29, 1.82) is 0 Å². The monoisotopic (exact) mass is 284 g/mol. The van der Waals surface area contributed by atoms with Crippen molar-refractivity contribution in [3.05, 3.63) is 21.9 Å². The molecule has 5 nitrogen and oxygen atoms in total. The number of rotatable bonds is 5. The highest BCUT2D eigenvalue weighted by molar-refractivity contribution is 7.12. The second kappa shape index (κ2) is 6.56. The maximum Gasteiger partial charge on any atom is 0.326 e. The first-order valence-corrected chi connectivity index (χ1v) is 6.99. The van der Waals surface area contributed by atoms with Crippen molar-refractivity contribution in [2.24, 2.45) is 5.92 Å². The molecule has 0 aliphatic rings. The zero-order valence-corrected chi connectivity index (χ0v) is 12.4. The van der Waals surface area contributed by atoms with Crippen LogP contribution in [0, 0.1) is 12.8 Å². The molecule has 0 spiro atoms. The minimum atomic E-state index is -1.02. The van der Waals surface area contributed by atoms with Gasteiger partial charge in [0, 0.05) is 9.75 Å². The van der Waals surface area contributed by atoms with Crippen molar-refractivity contribution in [1.82, 2.24) is 10.6 Å². The van der Waals surface area contributed by atoms with Gasteiger partial charge < -0.3 is 15.7 Å². The number of thiophene rings is 1. The molecule has 1 aromatic heterocycles. The Labute approximate surface area is 117 Å². The smallest absolute Gasteiger partial charge is 0.326 e. The molecule has 106 valence electrons. The number of carboxylic acids is 1. The third-order valence-electron chi connectivity index (χ3n) is 2.75. The summed E-state index contributed by atoms with van der Waals surface area (Å²) in [5.74, 6) is -1.19. The van der Waals surface area contributed by atoms with Gasteiger partial charge in [0.05, 0.1) is 6.04 Å². The Balaban J connectivity index is 2.57. The van der Waals surface area contributed by atoms with Crippen LogP contribution in [0.4, 0.5) is 4.79 Å². The summed E-state index contributed by atoms with van der Waals surface area (Å²) in [6.07, 6.45) is 0. The molecule has 1 heterocycles. The average Bonchev–Trinajstić information content (AvgIpc) is 2.72. The molecule has 2 unspecified atom stereocenters. The van der Waals surface area contributed by atoms with E-state index in [9.17, 15) is 9.59 Å². The van der Waals surface area contributed by atoms with Crippen molar-refractivity contribution < 1.29 is 14.7 Å². The first kappa shape index (κ1) is 15.5. The van der Waals surface area contributed by atoms with E-state index in [0.29, 0.717) is 0 Å². The minimum Gasteiger partial charge on any atom is -0.480 e. The highest BCUT2D eigenvalue weighted by atomic mass is 32.1. The molecule has 1 rings (SSSR count). The summed E-state index contributed by atoms with van der Waals surface area (Å²) in [7, 11) is 0. The molecule has 2 atom stereocenters. The summed E-state index contributed by atoms with van der Waals surface area (Å²) in [5, 5.41) is 14.2. The highest BCUT2D eigenvalue weighted by Gasteiger charge is 2.24. The Bertz CT molecular complexity index is 456. The standard InChI is InChI=1S/C13H20N2O3S/c1-7(2)11(12(16)17)15-13(18)14-9(4)10-6-5-8(3)19-10/h5-7,9,11H,1-4H3,(H,16,17)(H2,14,15,18). The summed E-state index contributed by atoms with van der Waals surface area (Å²) < 4.78 is 0. The lowest BCUT2D eigenvalue weighted by Gasteiger charge is -2.20. The first-order valence-electron chi connectivity index (χ1n) is 6.17. The fourth-order valence-corrected chi connectivity index (χ4v) is 2.53. The number of carbonyl (C=O) groups is 2. The molecule has 0 aromatic carbocycles. The maximum atomic E-state index is 11.8. The van der Waals surface area contributed by atoms with Gasteiger partial charge in [0.2, 0.25) is 0 Å². The Hall–Kier alpha value is -1.56. The van der Waals surface area contributed by atoms with Gasteiger partial charge in [-0.2, -0.15) is 0 Å². The topological polar surface area (TPSA) is 78.4 Å². The third kappa shape index (κ3) is 4.55. The number of nitrogens with one attached hydrogen (secondary N) is 2. The quantitative estimate of drug-likeness (QED) is 0.777. The largest absolute Gasteiger partial charge is 0.480 e. The number of carbonyl (C=O) groups excluding carboxylic acids is 1. The number of aliphatic carboxylic acids is 1. The van der Waals surface area contributed by atoms with Crippen LogP contribution in [0.3, 0.4) is 0 Å². The summed E-state index contributed by atoms with van der Waals surface area (Å²) in [5.41, 5.74) is 0. The van der Waals surface area contributed by atoms with Crippen LogP contribution < -0.4 is 10.6 Å². The molecule has 0 aliphatic heterocycles. The molecule has 0 saturated carbocycles. The SMILES string of the molecule is Cc1ccc(C(C)NC(=O)NC(C(=O)O)C(C)C)s1. The maximum absolute atomic E-state index is 11.8. The molecule has 0 fully saturated rings. The van der Waals surface area contributed by atoms with Gasteiger partial charge in [-0.25, -0.2) is 9.59 Å². The highest BCUT2D eigenvalue weighted by Crippen LogP contribution is 2.22. The zero-order chi connectivity index (χ0) is 14.6. The van der Waals surface area contributed by atoms with Crippen LogP contribution >= 0.6 is 11.3 Å². The van der Waals surface area contributed by atoms with E-state index in [-0.39, 0.29) is 12.0 Å². The van der Waals surface area contributed by atoms with Crippen LogP contribution in [0.25, 0.3) is 0 Å². The number of carboxylic acid groups (broad SMARTS) is 1. The van der Waals surface area contributed by atoms with Gasteiger partial charge in [-0.1, -0.05) is 13.8 Å². The fraction of sp³-hybridized carbons (Fsp3) is 0.538. The lowest BCUT2D eigenvalue weighted by atomic mass is 10.1. The van der Waals surface area contributed by atoms with Crippen molar-refractivity contribution in [3.63, 3.8) is 0 Å². The predicted octanol–water partition coefficient (Wildman–Crippen LogP) is 2.53. The van der Waals surface area contributed by atoms with E-state index in [1.165, 1.54) is 4.88 Å². The van der Waals surface area contributed by atoms with Crippen molar-refractivity contribution >= 4 is 23.3 Å². The zero-order valence-electron chi connectivity index (χ0n) is 11.6. The molecule has 1 aromatic rings. The van der Waals surface area contributed by atoms with Crippen LogP contribution in [-0.2, 0) is 4.79 Å². The van der Waals surface area contributed by atoms with E-state index in [2.05, 4.69) is 10.6 Å². The molecule has 0 saturated heterocycles. The van der Waals surface area contributed by atoms with Crippen molar-refractivity contribution in [2.75, 3.05) is 0 Å². The summed E-state index contributed by atoms with van der Waals surface area (Å²) >= 11 is 1.61. The van der Waals surface area contributed by atoms with Crippen LogP contribution in [0.15, 0.2) is 12.1 Å². The number of hydrogen-bond acceptors (Lipinski definition) is 3. The molecule has 0 radical (unpaired) electrons. The number of urea groups is 1. The van der Waals surface area contributed by atoms with Gasteiger partial charge in [-0.05, 0) is 31.9 Å². The van der Waals surface area contributed by atoms with Gasteiger partial charge >= 0.3 is 12.0 Å². The minimum absolute atomic E-state index is 0.139. The molecule has 2 amide bonds. The van der Waals surface area contributed by atoms with E-state index < -0.39 is 18.0 Å². The molecule has 19 heavy (non-hydrogen) atoms. The van der Waals surface area contributed by atoms with Gasteiger partial charge in [0.15, 0.2) is 0 Å². The second-order valence-electron chi connectivity index (χ2n) is 4.85. The van der Waals surface area contributed by atoms with Crippen LogP contribution in [0.2, 0.25) is 0 Å². The summed E-state index contributed by atoms with van der Waals surface area (Å²) in [6, 6.07) is 2.48. The lowest BCUT2D eigenvalue weighted by molar-refractivity contribution is -0.140. The average molecular weight is 284 g/mol. The van der Waals surface area contributed by atoms with Crippen LogP contribution in [0.5, 0.6) is 0 Å². The first-order chi connectivity index (χ1) is 8.81. The van der Waals surface area contributed by atoms with Gasteiger partial charge in [0.25, 0.3) is 0 Å². The van der Waals surface area contributed by atoms with Crippen molar-refractivity contribution in [2.45, 2.75) is 39.8 Å². The van der Waals surface area contributed by atoms with Gasteiger partial charge in [0.1, 0.15) is 6.04 Å². The third-order valence-corrected chi connectivity index (χ3v) is 3.94. The summed E-state index contributed by atoms with van der Waals surface area (Å²) in [6.45, 7) is 7.38. The predicted molar refractivity (Wildman–Crippen MR) is 75.4 cm³/mol. The van der Waals surface area contributed by atoms with Crippen molar-refractivity contribution in [3.8, 4) is 0 Å². The second-order valence-corrected chi connectivity index (χ2v) is 6.17. The molecule has 3 N–H and O–H groups in total. The molecular weight excluding hydrogens is 264 g/mol. The van der Waals surface area contributed by atoms with E-state index in [0.717, 1.165) is 4.88 Å². The Morgan fingerprint density at radius 1 is 1.21 bits per heavy atom. The lowest BCUT2D eigenvalue weighted by Crippen LogP contribution is -2.49. The van der Waals surface area contributed by atoms with Crippen LogP contribution in [-0.4, -0.2) is 23.1 Å². The molecular formula is C13H20N2O3S. The number of aryl methyl sites for hydroxylation is 1. The van der Waals surface area contributed by atoms with Gasteiger partial charge in [-0.3, -0.25) is 0 Å². The van der Waals surface area contributed by atoms with Crippen LogP contribution in [0.1, 0.15) is 36.6 Å². The number of amides is 2. The Morgan fingerprint density at radius 3 is 2.26 bits per heavy atom. The molecule has 0 bridgehead atoms. The van der Waals surface area contributed by atoms with E-state index in [4.69, 9.17) is 5.11 Å². The summed E-state index contributed by atoms with van der Waals surface area (Å²) in [4.78, 5) is 25.0. The van der Waals surface area contributed by atoms with E-state index in [1.54, 1.807) is 25.2 Å². The molecule has 6 heteroatoms. The molecule has 0 aliphatic carbocycles. The Kier molecular flexibility index (Phi) is 5.35. The normalized spacial score (nSPS) is 13.9.